The van der Waals surface area contributed by atoms with Gasteiger partial charge >= 0.3 is 0 Å². The van der Waals surface area contributed by atoms with Gasteiger partial charge in [-0.15, -0.1) is 11.3 Å². The predicted octanol–water partition coefficient (Wildman–Crippen LogP) is 2.92. The molecule has 5 heteroatoms. The summed E-state index contributed by atoms with van der Waals surface area (Å²) in [7, 11) is 4.07. The Morgan fingerprint density at radius 2 is 2.22 bits per heavy atom. The number of likely N-dealkylation sites (tertiary alicyclic amines) is 1. The average Bonchev–Trinajstić information content (AvgIpc) is 2.77. The number of hydrogen-bond acceptors (Lipinski definition) is 3. The molecule has 1 fully saturated rings. The fourth-order valence-electron chi connectivity index (χ4n) is 2.33. The summed E-state index contributed by atoms with van der Waals surface area (Å²) in [5.74, 6) is 0.782. The first-order valence-electron chi connectivity index (χ1n) is 6.25. The molecule has 2 rings (SSSR count). The molecule has 1 aliphatic heterocycles. The highest BCUT2D eigenvalue weighted by Gasteiger charge is 2.22. The topological polar surface area (TPSA) is 23.6 Å². The van der Waals surface area contributed by atoms with Crippen LogP contribution in [0.25, 0.3) is 0 Å². The zero-order valence-electron chi connectivity index (χ0n) is 10.9. The third kappa shape index (κ3) is 3.33. The molecule has 0 bridgehead atoms. The summed E-state index contributed by atoms with van der Waals surface area (Å²) >= 11 is 4.93. The van der Waals surface area contributed by atoms with Crippen molar-refractivity contribution in [2.24, 2.45) is 5.92 Å². The summed E-state index contributed by atoms with van der Waals surface area (Å²) in [5.41, 5.74) is 0. The van der Waals surface area contributed by atoms with E-state index >= 15 is 0 Å². The molecule has 0 aliphatic carbocycles. The second-order valence-electron chi connectivity index (χ2n) is 5.03. The standard InChI is InChI=1S/C13H19BrN2OS/c1-15-6-3-10(4-7-15)9-16(2)13(17)12-11(14)5-8-18-12/h5,8,10H,3-4,6-7,9H2,1-2H3. The van der Waals surface area contributed by atoms with Crippen LogP contribution in [0.15, 0.2) is 15.9 Å². The second-order valence-corrected chi connectivity index (χ2v) is 6.80. The van der Waals surface area contributed by atoms with Gasteiger partial charge in [-0.25, -0.2) is 0 Å². The van der Waals surface area contributed by atoms with E-state index in [1.54, 1.807) is 0 Å². The number of carbonyl (C=O) groups is 1. The lowest BCUT2D eigenvalue weighted by Crippen LogP contribution is -2.37. The number of amides is 1. The molecule has 1 aromatic rings. The first kappa shape index (κ1) is 14.0. The van der Waals surface area contributed by atoms with Crippen molar-refractivity contribution < 1.29 is 4.79 Å². The summed E-state index contributed by atoms with van der Waals surface area (Å²) in [4.78, 5) is 17.3. The van der Waals surface area contributed by atoms with Gasteiger partial charge in [0, 0.05) is 18.1 Å². The molecule has 0 radical (unpaired) electrons. The van der Waals surface area contributed by atoms with E-state index in [2.05, 4.69) is 27.9 Å². The summed E-state index contributed by atoms with van der Waals surface area (Å²) in [6.45, 7) is 3.17. The number of rotatable bonds is 3. The molecule has 0 atom stereocenters. The predicted molar refractivity (Wildman–Crippen MR) is 79.2 cm³/mol. The van der Waals surface area contributed by atoms with Crippen LogP contribution in [0.1, 0.15) is 22.5 Å². The molecule has 0 unspecified atom stereocenters. The maximum atomic E-state index is 12.3. The molecule has 3 nitrogen and oxygen atoms in total. The highest BCUT2D eigenvalue weighted by atomic mass is 79.9. The van der Waals surface area contributed by atoms with Gasteiger partial charge in [-0.1, -0.05) is 0 Å². The maximum Gasteiger partial charge on any atom is 0.264 e. The highest BCUT2D eigenvalue weighted by Crippen LogP contribution is 2.25. The van der Waals surface area contributed by atoms with E-state index in [9.17, 15) is 4.79 Å². The largest absolute Gasteiger partial charge is 0.341 e. The number of hydrogen-bond donors (Lipinski definition) is 0. The van der Waals surface area contributed by atoms with Crippen molar-refractivity contribution >= 4 is 33.2 Å². The van der Waals surface area contributed by atoms with Crippen molar-refractivity contribution in [1.82, 2.24) is 9.80 Å². The number of nitrogens with zero attached hydrogens (tertiary/aromatic N) is 2. The molecule has 0 spiro atoms. The minimum atomic E-state index is 0.135. The Morgan fingerprint density at radius 3 is 2.78 bits per heavy atom. The lowest BCUT2D eigenvalue weighted by atomic mass is 9.96. The first-order chi connectivity index (χ1) is 8.58. The van der Waals surface area contributed by atoms with Crippen LogP contribution in [0.4, 0.5) is 0 Å². The van der Waals surface area contributed by atoms with Gasteiger partial charge in [0.15, 0.2) is 0 Å². The molecule has 2 heterocycles. The monoisotopic (exact) mass is 330 g/mol. The van der Waals surface area contributed by atoms with Crippen LogP contribution < -0.4 is 0 Å². The quantitative estimate of drug-likeness (QED) is 0.850. The molecule has 0 aromatic carbocycles. The second kappa shape index (κ2) is 6.17. The molecule has 0 saturated carbocycles. The van der Waals surface area contributed by atoms with Gasteiger partial charge in [0.05, 0.1) is 0 Å². The van der Waals surface area contributed by atoms with Crippen LogP contribution in [-0.2, 0) is 0 Å². The zero-order chi connectivity index (χ0) is 13.1. The molecule has 0 N–H and O–H groups in total. The molecule has 100 valence electrons. The number of carbonyl (C=O) groups excluding carboxylic acids is 1. The zero-order valence-corrected chi connectivity index (χ0v) is 13.3. The summed E-state index contributed by atoms with van der Waals surface area (Å²) in [6.07, 6.45) is 2.39. The van der Waals surface area contributed by atoms with Gasteiger partial charge in [-0.05, 0) is 66.3 Å². The van der Waals surface area contributed by atoms with Crippen molar-refractivity contribution in [3.05, 3.63) is 20.8 Å². The van der Waals surface area contributed by atoms with Crippen molar-refractivity contribution in [2.75, 3.05) is 33.7 Å². The molecule has 1 aliphatic rings. The third-order valence-electron chi connectivity index (χ3n) is 3.53. The number of piperidine rings is 1. The Bertz CT molecular complexity index is 413. The van der Waals surface area contributed by atoms with Crippen LogP contribution in [0.5, 0.6) is 0 Å². The van der Waals surface area contributed by atoms with E-state index in [1.807, 2.05) is 23.4 Å². The Kier molecular flexibility index (Phi) is 4.81. The van der Waals surface area contributed by atoms with E-state index in [1.165, 1.54) is 24.2 Å². The number of halogens is 1. The van der Waals surface area contributed by atoms with E-state index in [4.69, 9.17) is 0 Å². The minimum Gasteiger partial charge on any atom is -0.341 e. The molecule has 1 saturated heterocycles. The Morgan fingerprint density at radius 1 is 1.56 bits per heavy atom. The van der Waals surface area contributed by atoms with E-state index < -0.39 is 0 Å². The summed E-state index contributed by atoms with van der Waals surface area (Å²) in [6, 6.07) is 1.93. The van der Waals surface area contributed by atoms with Crippen molar-refractivity contribution in [1.29, 1.82) is 0 Å². The van der Waals surface area contributed by atoms with E-state index in [0.29, 0.717) is 5.92 Å². The molecular formula is C13H19BrN2OS. The fourth-order valence-corrected chi connectivity index (χ4v) is 3.87. The number of thiophene rings is 1. The summed E-state index contributed by atoms with van der Waals surface area (Å²) in [5, 5.41) is 1.95. The molecule has 1 amide bonds. The van der Waals surface area contributed by atoms with E-state index in [-0.39, 0.29) is 5.91 Å². The third-order valence-corrected chi connectivity index (χ3v) is 5.35. The normalized spacial score (nSPS) is 17.9. The van der Waals surface area contributed by atoms with E-state index in [0.717, 1.165) is 29.0 Å². The van der Waals surface area contributed by atoms with Gasteiger partial charge in [-0.2, -0.15) is 0 Å². The van der Waals surface area contributed by atoms with Crippen LogP contribution in [0.2, 0.25) is 0 Å². The van der Waals surface area contributed by atoms with Gasteiger partial charge in [0.2, 0.25) is 0 Å². The van der Waals surface area contributed by atoms with Crippen molar-refractivity contribution in [3.63, 3.8) is 0 Å². The van der Waals surface area contributed by atoms with Gasteiger partial charge in [0.1, 0.15) is 4.88 Å². The minimum absolute atomic E-state index is 0.135. The first-order valence-corrected chi connectivity index (χ1v) is 7.92. The van der Waals surface area contributed by atoms with Crippen LogP contribution in [-0.4, -0.2) is 49.4 Å². The van der Waals surface area contributed by atoms with Crippen LogP contribution >= 0.6 is 27.3 Å². The van der Waals surface area contributed by atoms with Crippen LogP contribution in [0, 0.1) is 5.92 Å². The molecule has 1 aromatic heterocycles. The molecule has 18 heavy (non-hydrogen) atoms. The van der Waals surface area contributed by atoms with Crippen molar-refractivity contribution in [3.8, 4) is 0 Å². The van der Waals surface area contributed by atoms with Crippen LogP contribution in [0.3, 0.4) is 0 Å². The maximum absolute atomic E-state index is 12.3. The average molecular weight is 331 g/mol. The highest BCUT2D eigenvalue weighted by molar-refractivity contribution is 9.10. The van der Waals surface area contributed by atoms with Gasteiger partial charge in [-0.3, -0.25) is 4.79 Å². The Labute approximate surface area is 121 Å². The Hall–Kier alpha value is -0.390. The smallest absolute Gasteiger partial charge is 0.264 e. The van der Waals surface area contributed by atoms with Gasteiger partial charge < -0.3 is 9.80 Å². The fraction of sp³-hybridized carbons (Fsp3) is 0.615. The summed E-state index contributed by atoms with van der Waals surface area (Å²) < 4.78 is 0.910. The van der Waals surface area contributed by atoms with Crippen molar-refractivity contribution in [2.45, 2.75) is 12.8 Å². The van der Waals surface area contributed by atoms with Gasteiger partial charge in [0.25, 0.3) is 5.91 Å². The molecular weight excluding hydrogens is 312 g/mol. The lowest BCUT2D eigenvalue weighted by Gasteiger charge is -2.31. The lowest BCUT2D eigenvalue weighted by molar-refractivity contribution is 0.0751. The Balaban J connectivity index is 1.90. The SMILES string of the molecule is CN1CCC(CN(C)C(=O)c2sccc2Br)CC1.